The van der Waals surface area contributed by atoms with Gasteiger partial charge in [0.15, 0.2) is 0 Å². The van der Waals surface area contributed by atoms with E-state index in [1.807, 2.05) is 44.0 Å². The second-order valence-electron chi connectivity index (χ2n) is 5.52. The lowest BCUT2D eigenvalue weighted by Gasteiger charge is -2.28. The van der Waals surface area contributed by atoms with Gasteiger partial charge < -0.3 is 15.0 Å². The van der Waals surface area contributed by atoms with Crippen molar-refractivity contribution in [2.24, 2.45) is 5.92 Å². The molecule has 0 aliphatic rings. The molecule has 1 aromatic carbocycles. The molecule has 1 N–H and O–H groups in total. The molecule has 1 rings (SSSR count). The van der Waals surface area contributed by atoms with Gasteiger partial charge in [0.2, 0.25) is 5.91 Å². The maximum absolute atomic E-state index is 12.4. The first-order valence-electron chi connectivity index (χ1n) is 7.60. The first-order chi connectivity index (χ1) is 10.0. The third-order valence-corrected chi connectivity index (χ3v) is 3.84. The summed E-state index contributed by atoms with van der Waals surface area (Å²) >= 11 is 0. The monoisotopic (exact) mass is 292 g/mol. The molecule has 2 unspecified atom stereocenters. The molecular weight excluding hydrogens is 264 g/mol. The van der Waals surface area contributed by atoms with Gasteiger partial charge in [0.25, 0.3) is 0 Å². The summed E-state index contributed by atoms with van der Waals surface area (Å²) in [4.78, 5) is 14.2. The van der Waals surface area contributed by atoms with Crippen LogP contribution in [-0.2, 0) is 11.2 Å². The van der Waals surface area contributed by atoms with Crippen LogP contribution in [0.15, 0.2) is 24.3 Å². The van der Waals surface area contributed by atoms with E-state index >= 15 is 0 Å². The summed E-state index contributed by atoms with van der Waals surface area (Å²) in [6.07, 6.45) is 0.792. The number of nitrogens with zero attached hydrogens (tertiary/aromatic N) is 1. The number of hydrogen-bond acceptors (Lipinski definition) is 3. The van der Waals surface area contributed by atoms with E-state index in [1.54, 1.807) is 7.11 Å². The Morgan fingerprint density at radius 1 is 1.33 bits per heavy atom. The lowest BCUT2D eigenvalue weighted by molar-refractivity contribution is -0.135. The number of ether oxygens (including phenoxy) is 1. The van der Waals surface area contributed by atoms with Crippen LogP contribution in [0, 0.1) is 5.92 Å². The number of methoxy groups -OCH3 is 1. The molecule has 21 heavy (non-hydrogen) atoms. The molecule has 2 atom stereocenters. The smallest absolute Gasteiger partial charge is 0.226 e. The van der Waals surface area contributed by atoms with Crippen molar-refractivity contribution >= 4 is 5.91 Å². The van der Waals surface area contributed by atoms with Crippen LogP contribution in [-0.4, -0.2) is 44.1 Å². The normalized spacial score (nSPS) is 13.6. The summed E-state index contributed by atoms with van der Waals surface area (Å²) in [5.41, 5.74) is 1.13. The molecular formula is C17H28N2O2. The number of para-hydroxylation sites is 1. The summed E-state index contributed by atoms with van der Waals surface area (Å²) in [7, 11) is 3.56. The molecule has 0 aliphatic carbocycles. The van der Waals surface area contributed by atoms with Gasteiger partial charge in [-0.05, 0) is 31.5 Å². The van der Waals surface area contributed by atoms with Gasteiger partial charge in [-0.15, -0.1) is 0 Å². The van der Waals surface area contributed by atoms with E-state index < -0.39 is 0 Å². The summed E-state index contributed by atoms with van der Waals surface area (Å²) in [5, 5.41) is 3.22. The number of benzene rings is 1. The molecule has 4 nitrogen and oxygen atoms in total. The zero-order valence-electron chi connectivity index (χ0n) is 13.8. The fraction of sp³-hybridized carbons (Fsp3) is 0.588. The van der Waals surface area contributed by atoms with Crippen molar-refractivity contribution in [3.05, 3.63) is 29.8 Å². The zero-order chi connectivity index (χ0) is 15.8. The highest BCUT2D eigenvalue weighted by Crippen LogP contribution is 2.20. The topological polar surface area (TPSA) is 41.6 Å². The van der Waals surface area contributed by atoms with Crippen LogP contribution in [0.2, 0.25) is 0 Å². The molecule has 4 heteroatoms. The Morgan fingerprint density at radius 3 is 2.62 bits per heavy atom. The largest absolute Gasteiger partial charge is 0.496 e. The second kappa shape index (κ2) is 8.67. The lowest BCUT2D eigenvalue weighted by Crippen LogP contribution is -2.42. The maximum atomic E-state index is 12.4. The van der Waals surface area contributed by atoms with Crippen molar-refractivity contribution in [3.8, 4) is 5.75 Å². The van der Waals surface area contributed by atoms with E-state index in [9.17, 15) is 4.79 Å². The minimum absolute atomic E-state index is 0.00457. The fourth-order valence-electron chi connectivity index (χ4n) is 2.34. The van der Waals surface area contributed by atoms with E-state index in [2.05, 4.69) is 18.3 Å². The number of carbonyl (C=O) groups excluding carboxylic acids is 1. The summed E-state index contributed by atoms with van der Waals surface area (Å²) < 4.78 is 5.37. The number of rotatable bonds is 8. The molecule has 0 aliphatic heterocycles. The number of amides is 1. The molecule has 0 radical (unpaired) electrons. The van der Waals surface area contributed by atoms with Gasteiger partial charge >= 0.3 is 0 Å². The van der Waals surface area contributed by atoms with Crippen molar-refractivity contribution in [3.63, 3.8) is 0 Å². The van der Waals surface area contributed by atoms with Crippen LogP contribution in [0.5, 0.6) is 5.75 Å². The quantitative estimate of drug-likeness (QED) is 0.799. The van der Waals surface area contributed by atoms with Gasteiger partial charge in [-0.3, -0.25) is 4.79 Å². The Labute approximate surface area is 128 Å². The third kappa shape index (κ3) is 5.05. The molecule has 0 saturated carbocycles. The van der Waals surface area contributed by atoms with Crippen molar-refractivity contribution in [1.29, 1.82) is 0 Å². The molecule has 0 bridgehead atoms. The SMILES string of the molecule is CCNCC(C)C(=O)N(C)C(C)Cc1ccccc1OC. The van der Waals surface area contributed by atoms with Crippen LogP contribution in [0.3, 0.4) is 0 Å². The summed E-state index contributed by atoms with van der Waals surface area (Å²) in [6.45, 7) is 7.70. The van der Waals surface area contributed by atoms with E-state index in [0.29, 0.717) is 0 Å². The predicted octanol–water partition coefficient (Wildman–Crippen LogP) is 2.33. The van der Waals surface area contributed by atoms with E-state index in [0.717, 1.165) is 30.8 Å². The molecule has 0 aromatic heterocycles. The van der Waals surface area contributed by atoms with Gasteiger partial charge in [-0.25, -0.2) is 0 Å². The van der Waals surface area contributed by atoms with Crippen LogP contribution < -0.4 is 10.1 Å². The minimum Gasteiger partial charge on any atom is -0.496 e. The average molecular weight is 292 g/mol. The molecule has 0 saturated heterocycles. The van der Waals surface area contributed by atoms with Gasteiger partial charge in [0, 0.05) is 25.6 Å². The van der Waals surface area contributed by atoms with Crippen molar-refractivity contribution < 1.29 is 9.53 Å². The zero-order valence-corrected chi connectivity index (χ0v) is 13.8. The van der Waals surface area contributed by atoms with E-state index in [-0.39, 0.29) is 17.9 Å². The standard InChI is InChI=1S/C17H28N2O2/c1-6-18-12-13(2)17(20)19(4)14(3)11-15-9-7-8-10-16(15)21-5/h7-10,13-14,18H,6,11-12H2,1-5H3. The average Bonchev–Trinajstić information content (AvgIpc) is 2.51. The highest BCUT2D eigenvalue weighted by molar-refractivity contribution is 5.78. The first-order valence-corrected chi connectivity index (χ1v) is 7.60. The van der Waals surface area contributed by atoms with Gasteiger partial charge in [0.1, 0.15) is 5.75 Å². The molecule has 0 fully saturated rings. The number of carbonyl (C=O) groups is 1. The molecule has 1 amide bonds. The van der Waals surface area contributed by atoms with E-state index in [1.165, 1.54) is 0 Å². The van der Waals surface area contributed by atoms with Crippen molar-refractivity contribution in [1.82, 2.24) is 10.2 Å². The number of likely N-dealkylation sites (N-methyl/N-ethyl adjacent to an activating group) is 1. The Bertz CT molecular complexity index is 448. The lowest BCUT2D eigenvalue weighted by atomic mass is 10.0. The molecule has 0 spiro atoms. The first kappa shape index (κ1) is 17.5. The highest BCUT2D eigenvalue weighted by atomic mass is 16.5. The fourth-order valence-corrected chi connectivity index (χ4v) is 2.34. The number of nitrogens with one attached hydrogen (secondary N) is 1. The van der Waals surface area contributed by atoms with Crippen LogP contribution in [0.4, 0.5) is 0 Å². The molecule has 0 heterocycles. The minimum atomic E-state index is -0.00457. The Hall–Kier alpha value is -1.55. The van der Waals surface area contributed by atoms with Crippen molar-refractivity contribution in [2.45, 2.75) is 33.2 Å². The molecule has 1 aromatic rings. The Balaban J connectivity index is 2.65. The summed E-state index contributed by atoms with van der Waals surface area (Å²) in [5.74, 6) is 1.05. The third-order valence-electron chi connectivity index (χ3n) is 3.84. The van der Waals surface area contributed by atoms with Crippen LogP contribution >= 0.6 is 0 Å². The van der Waals surface area contributed by atoms with Crippen LogP contribution in [0.25, 0.3) is 0 Å². The highest BCUT2D eigenvalue weighted by Gasteiger charge is 2.22. The molecule has 118 valence electrons. The maximum Gasteiger partial charge on any atom is 0.226 e. The Morgan fingerprint density at radius 2 is 2.00 bits per heavy atom. The van der Waals surface area contributed by atoms with Crippen LogP contribution in [0.1, 0.15) is 26.3 Å². The Kier molecular flexibility index (Phi) is 7.23. The van der Waals surface area contributed by atoms with Gasteiger partial charge in [-0.2, -0.15) is 0 Å². The van der Waals surface area contributed by atoms with Gasteiger partial charge in [-0.1, -0.05) is 32.0 Å². The number of hydrogen-bond donors (Lipinski definition) is 1. The van der Waals surface area contributed by atoms with Crippen molar-refractivity contribution in [2.75, 3.05) is 27.2 Å². The van der Waals surface area contributed by atoms with E-state index in [4.69, 9.17) is 4.74 Å². The van der Waals surface area contributed by atoms with Gasteiger partial charge in [0.05, 0.1) is 7.11 Å². The second-order valence-corrected chi connectivity index (χ2v) is 5.52. The summed E-state index contributed by atoms with van der Waals surface area (Å²) in [6, 6.07) is 8.10. The predicted molar refractivity (Wildman–Crippen MR) is 86.6 cm³/mol.